The molecule has 2 bridgehead atoms. The molecule has 0 unspecified atom stereocenters. The third-order valence-corrected chi connectivity index (χ3v) is 9.97. The zero-order chi connectivity index (χ0) is 27.6. The number of hydrogen-bond acceptors (Lipinski definition) is 6. The van der Waals surface area contributed by atoms with E-state index in [1.165, 1.54) is 5.56 Å². The smallest absolute Gasteiger partial charge is 0.264 e. The molecule has 4 atom stereocenters. The molecule has 1 saturated carbocycles. The van der Waals surface area contributed by atoms with E-state index in [0.29, 0.717) is 29.7 Å². The summed E-state index contributed by atoms with van der Waals surface area (Å²) in [7, 11) is -3.83. The Morgan fingerprint density at radius 2 is 1.95 bits per heavy atom. The van der Waals surface area contributed by atoms with E-state index < -0.39 is 22.0 Å². The highest BCUT2D eigenvalue weighted by Crippen LogP contribution is 2.41. The van der Waals surface area contributed by atoms with E-state index in [0.717, 1.165) is 56.4 Å². The van der Waals surface area contributed by atoms with Crippen LogP contribution >= 0.6 is 11.6 Å². The van der Waals surface area contributed by atoms with Crippen LogP contribution in [0.25, 0.3) is 0 Å². The van der Waals surface area contributed by atoms with Gasteiger partial charge in [0.25, 0.3) is 5.91 Å². The second-order valence-corrected chi connectivity index (χ2v) is 13.5. The van der Waals surface area contributed by atoms with Gasteiger partial charge >= 0.3 is 0 Å². The molecular formula is C30H37ClN2O5S. The second kappa shape index (κ2) is 11.9. The normalized spacial score (nSPS) is 28.4. The molecule has 2 N–H and O–H groups in total. The van der Waals surface area contributed by atoms with E-state index in [1.54, 1.807) is 18.2 Å². The summed E-state index contributed by atoms with van der Waals surface area (Å²) in [5, 5.41) is 11.6. The number of fused-ring (bicyclic) bond motifs is 3. The number of carbonyl (C=O) groups is 1. The summed E-state index contributed by atoms with van der Waals surface area (Å²) in [5.74, 6) is 0.0879. The number of rotatable bonds is 0. The molecule has 3 aliphatic rings. The Morgan fingerprint density at radius 3 is 2.74 bits per heavy atom. The fourth-order valence-electron chi connectivity index (χ4n) is 5.91. The molecule has 0 saturated heterocycles. The lowest BCUT2D eigenvalue weighted by Crippen LogP contribution is -2.43. The van der Waals surface area contributed by atoms with Gasteiger partial charge in [-0.25, -0.2) is 13.1 Å². The maximum atomic E-state index is 13.1. The maximum Gasteiger partial charge on any atom is 0.264 e. The summed E-state index contributed by atoms with van der Waals surface area (Å²) in [6, 6.07) is 11.0. The molecule has 0 aromatic heterocycles. The van der Waals surface area contributed by atoms with Crippen molar-refractivity contribution >= 4 is 33.2 Å². The number of nitrogens with one attached hydrogen (secondary N) is 1. The van der Waals surface area contributed by atoms with Crippen molar-refractivity contribution in [2.75, 3.05) is 23.7 Å². The van der Waals surface area contributed by atoms with E-state index in [-0.39, 0.29) is 23.2 Å². The van der Waals surface area contributed by atoms with Gasteiger partial charge in [-0.3, -0.25) is 4.79 Å². The summed E-state index contributed by atoms with van der Waals surface area (Å²) in [6.45, 7) is 3.67. The number of hydrogen-bond donors (Lipinski definition) is 2. The molecule has 2 aliphatic heterocycles. The first-order valence-corrected chi connectivity index (χ1v) is 15.9. The molecule has 7 nitrogen and oxygen atoms in total. The number of halogens is 1. The van der Waals surface area contributed by atoms with E-state index in [9.17, 15) is 18.3 Å². The number of ether oxygens (including phenoxy) is 1. The van der Waals surface area contributed by atoms with Gasteiger partial charge in [-0.1, -0.05) is 36.7 Å². The van der Waals surface area contributed by atoms with Crippen molar-refractivity contribution in [1.82, 2.24) is 4.72 Å². The van der Waals surface area contributed by atoms with Gasteiger partial charge in [0.05, 0.1) is 17.5 Å². The molecule has 2 aromatic rings. The topological polar surface area (TPSA) is 95.9 Å². The van der Waals surface area contributed by atoms with E-state index >= 15 is 0 Å². The number of carbonyl (C=O) groups excluding carboxylic acids is 1. The van der Waals surface area contributed by atoms with Crippen LogP contribution in [0.1, 0.15) is 60.5 Å². The van der Waals surface area contributed by atoms with Gasteiger partial charge in [-0.15, -0.1) is 0 Å². The molecule has 0 spiro atoms. The van der Waals surface area contributed by atoms with Crippen LogP contribution in [0.4, 0.5) is 5.69 Å². The summed E-state index contributed by atoms with van der Waals surface area (Å²) in [6.07, 6.45) is 8.40. The van der Waals surface area contributed by atoms with E-state index in [1.807, 2.05) is 37.3 Å². The van der Waals surface area contributed by atoms with Gasteiger partial charge in [0.2, 0.25) is 10.0 Å². The van der Waals surface area contributed by atoms with E-state index in [2.05, 4.69) is 9.62 Å². The van der Waals surface area contributed by atoms with Crippen molar-refractivity contribution in [3.05, 3.63) is 70.3 Å². The SMILES string of the molecule is C[C@@H]1C/C=C/[C@@H](O)[C@@H]2CC[C@H]2CN2CCCCc3cc(Cl)ccc3COc3ccc(cc32)C(=O)NS(=O)(=O)C1. The summed E-state index contributed by atoms with van der Waals surface area (Å²) < 4.78 is 34.1. The van der Waals surface area contributed by atoms with Crippen molar-refractivity contribution < 1.29 is 23.1 Å². The highest BCUT2D eigenvalue weighted by molar-refractivity contribution is 7.90. The van der Waals surface area contributed by atoms with Gasteiger partial charge in [0, 0.05) is 23.7 Å². The van der Waals surface area contributed by atoms with E-state index in [4.69, 9.17) is 16.3 Å². The molecule has 5 rings (SSSR count). The Morgan fingerprint density at radius 1 is 1.10 bits per heavy atom. The maximum absolute atomic E-state index is 13.1. The largest absolute Gasteiger partial charge is 0.487 e. The first kappa shape index (κ1) is 28.0. The number of aryl methyl sites for hydroxylation is 1. The zero-order valence-electron chi connectivity index (χ0n) is 22.3. The molecule has 9 heteroatoms. The third-order valence-electron chi connectivity index (χ3n) is 8.23. The summed E-state index contributed by atoms with van der Waals surface area (Å²) in [4.78, 5) is 15.4. The van der Waals surface area contributed by atoms with Crippen molar-refractivity contribution in [1.29, 1.82) is 0 Å². The van der Waals surface area contributed by atoms with Crippen LogP contribution in [0, 0.1) is 17.8 Å². The second-order valence-electron chi connectivity index (χ2n) is 11.3. The zero-order valence-corrected chi connectivity index (χ0v) is 23.9. The Labute approximate surface area is 236 Å². The minimum absolute atomic E-state index is 0.147. The number of sulfonamides is 1. The molecule has 210 valence electrons. The highest BCUT2D eigenvalue weighted by atomic mass is 35.5. The van der Waals surface area contributed by atoms with Crippen molar-refractivity contribution in [3.8, 4) is 5.75 Å². The average molecular weight is 573 g/mol. The van der Waals surface area contributed by atoms with Crippen molar-refractivity contribution in [3.63, 3.8) is 0 Å². The minimum Gasteiger partial charge on any atom is -0.487 e. The number of allylic oxidation sites excluding steroid dienone is 1. The predicted octanol–water partition coefficient (Wildman–Crippen LogP) is 5.10. The van der Waals surface area contributed by atoms with Crippen LogP contribution in [0.15, 0.2) is 48.6 Å². The number of anilines is 1. The summed E-state index contributed by atoms with van der Waals surface area (Å²) >= 11 is 6.28. The van der Waals surface area contributed by atoms with Crippen molar-refractivity contribution in [2.45, 2.75) is 58.2 Å². The van der Waals surface area contributed by atoms with Crippen molar-refractivity contribution in [2.24, 2.45) is 17.8 Å². The Bertz CT molecular complexity index is 1340. The Kier molecular flexibility index (Phi) is 8.55. The fourth-order valence-corrected chi connectivity index (χ4v) is 7.47. The summed E-state index contributed by atoms with van der Waals surface area (Å²) in [5.41, 5.74) is 3.29. The highest BCUT2D eigenvalue weighted by Gasteiger charge is 2.37. The first-order valence-electron chi connectivity index (χ1n) is 13.9. The van der Waals surface area contributed by atoms with Crippen LogP contribution in [-0.4, -0.2) is 44.4 Å². The lowest BCUT2D eigenvalue weighted by Gasteiger charge is -2.42. The molecular weight excluding hydrogens is 536 g/mol. The molecule has 1 fully saturated rings. The molecule has 2 aromatic carbocycles. The number of nitrogens with zero attached hydrogens (tertiary/aromatic N) is 1. The number of amides is 1. The van der Waals surface area contributed by atoms with Gasteiger partial charge in [-0.05, 0) is 97.7 Å². The number of aliphatic hydroxyl groups is 1. The van der Waals surface area contributed by atoms with Gasteiger partial charge in [-0.2, -0.15) is 0 Å². The van der Waals surface area contributed by atoms with Crippen LogP contribution in [0.5, 0.6) is 5.75 Å². The molecule has 1 aliphatic carbocycles. The fraction of sp³-hybridized carbons (Fsp3) is 0.500. The molecule has 39 heavy (non-hydrogen) atoms. The van der Waals surface area contributed by atoms with Gasteiger partial charge < -0.3 is 14.7 Å². The Balaban J connectivity index is 1.52. The standard InChI is InChI=1S/C30H37ClN2O5S/c1-20-5-4-7-28(34)26-12-9-23(26)17-33-14-3-2-6-21-15-25(31)11-8-24(21)18-38-29-13-10-22(16-27(29)33)30(35)32-39(36,37)19-20/h4,7-8,10-11,13,15-16,20,23,26,28,34H,2-3,5-6,9,12,14,17-19H2,1H3,(H,32,35)/b7-4+/t20-,23+,26-,28-/m1/s1. The average Bonchev–Trinajstić information content (AvgIpc) is 2.88. The number of benzene rings is 2. The minimum atomic E-state index is -3.83. The predicted molar refractivity (Wildman–Crippen MR) is 154 cm³/mol. The molecule has 1 amide bonds. The van der Waals surface area contributed by atoms with Crippen LogP contribution < -0.4 is 14.4 Å². The van der Waals surface area contributed by atoms with Crippen LogP contribution in [-0.2, 0) is 23.1 Å². The quantitative estimate of drug-likeness (QED) is 0.426. The lowest BCUT2D eigenvalue weighted by molar-refractivity contribution is 0.0461. The molecule has 2 heterocycles. The monoisotopic (exact) mass is 572 g/mol. The first-order chi connectivity index (χ1) is 18.7. The van der Waals surface area contributed by atoms with Crippen LogP contribution in [0.3, 0.4) is 0 Å². The number of aliphatic hydroxyl groups excluding tert-OH is 1. The van der Waals surface area contributed by atoms with Crippen LogP contribution in [0.2, 0.25) is 5.02 Å². The lowest BCUT2D eigenvalue weighted by atomic mass is 9.70. The third kappa shape index (κ3) is 6.79. The Hall–Kier alpha value is -2.55. The van der Waals surface area contributed by atoms with Gasteiger partial charge in [0.1, 0.15) is 12.4 Å². The van der Waals surface area contributed by atoms with Gasteiger partial charge in [0.15, 0.2) is 0 Å². The molecule has 0 radical (unpaired) electrons.